The van der Waals surface area contributed by atoms with Crippen LogP contribution >= 0.6 is 0 Å². The quantitative estimate of drug-likeness (QED) is 0.509. The fraction of sp³-hybridized carbons (Fsp3) is 0.538. The molecule has 0 heterocycles. The predicted octanol–water partition coefficient (Wildman–Crippen LogP) is 0.272. The highest BCUT2D eigenvalue weighted by Gasteiger charge is 2.05. The summed E-state index contributed by atoms with van der Waals surface area (Å²) in [5.41, 5.74) is 1.98. The SMILES string of the molecule is OCCCN(CCO)c1ccc(NCCO)cc1. The lowest BCUT2D eigenvalue weighted by atomic mass is 10.2. The third-order valence-electron chi connectivity index (χ3n) is 2.63. The van der Waals surface area contributed by atoms with E-state index in [1.807, 2.05) is 29.2 Å². The molecule has 0 radical (unpaired) electrons. The van der Waals surface area contributed by atoms with E-state index in [1.54, 1.807) is 0 Å². The second-order valence-corrected chi connectivity index (χ2v) is 3.99. The largest absolute Gasteiger partial charge is 0.396 e. The van der Waals surface area contributed by atoms with Crippen molar-refractivity contribution in [1.82, 2.24) is 0 Å². The van der Waals surface area contributed by atoms with Gasteiger partial charge < -0.3 is 25.5 Å². The maximum atomic E-state index is 9.02. The summed E-state index contributed by atoms with van der Waals surface area (Å²) in [7, 11) is 0. The molecule has 18 heavy (non-hydrogen) atoms. The third kappa shape index (κ3) is 4.91. The lowest BCUT2D eigenvalue weighted by molar-refractivity contribution is 0.281. The molecule has 0 aromatic heterocycles. The first kappa shape index (κ1) is 14.8. The Bertz CT molecular complexity index is 317. The van der Waals surface area contributed by atoms with Crippen LogP contribution in [0.5, 0.6) is 0 Å². The van der Waals surface area contributed by atoms with Crippen molar-refractivity contribution in [2.45, 2.75) is 6.42 Å². The molecule has 0 unspecified atom stereocenters. The molecule has 1 aromatic carbocycles. The number of hydrogen-bond acceptors (Lipinski definition) is 5. The number of nitrogens with one attached hydrogen (secondary N) is 1. The molecule has 0 saturated heterocycles. The van der Waals surface area contributed by atoms with Gasteiger partial charge in [-0.05, 0) is 30.7 Å². The molecule has 0 atom stereocenters. The van der Waals surface area contributed by atoms with Crippen LogP contribution in [0.4, 0.5) is 11.4 Å². The van der Waals surface area contributed by atoms with Gasteiger partial charge in [0.1, 0.15) is 0 Å². The highest BCUT2D eigenvalue weighted by Crippen LogP contribution is 2.17. The van der Waals surface area contributed by atoms with E-state index < -0.39 is 0 Å². The van der Waals surface area contributed by atoms with E-state index in [2.05, 4.69) is 5.32 Å². The van der Waals surface area contributed by atoms with Crippen LogP contribution in [0, 0.1) is 0 Å². The molecule has 0 amide bonds. The Morgan fingerprint density at radius 1 is 0.889 bits per heavy atom. The molecule has 0 aliphatic heterocycles. The number of hydrogen-bond donors (Lipinski definition) is 4. The summed E-state index contributed by atoms with van der Waals surface area (Å²) in [6, 6.07) is 7.81. The van der Waals surface area contributed by atoms with Crippen molar-refractivity contribution >= 4 is 11.4 Å². The van der Waals surface area contributed by atoms with E-state index in [1.165, 1.54) is 0 Å². The van der Waals surface area contributed by atoms with Crippen LogP contribution in [0.2, 0.25) is 0 Å². The van der Waals surface area contributed by atoms with Crippen LogP contribution in [0.25, 0.3) is 0 Å². The zero-order valence-corrected chi connectivity index (χ0v) is 10.5. The molecule has 4 N–H and O–H groups in total. The molecule has 0 fully saturated rings. The van der Waals surface area contributed by atoms with Crippen LogP contribution in [0.3, 0.4) is 0 Å². The molecular formula is C13H22N2O3. The topological polar surface area (TPSA) is 76.0 Å². The van der Waals surface area contributed by atoms with E-state index in [9.17, 15) is 0 Å². The number of aliphatic hydroxyl groups is 3. The molecule has 0 spiro atoms. The van der Waals surface area contributed by atoms with Crippen molar-refractivity contribution in [3.05, 3.63) is 24.3 Å². The molecule has 5 nitrogen and oxygen atoms in total. The molecule has 0 aliphatic rings. The Labute approximate surface area is 108 Å². The van der Waals surface area contributed by atoms with Crippen molar-refractivity contribution in [3.8, 4) is 0 Å². The van der Waals surface area contributed by atoms with E-state index >= 15 is 0 Å². The predicted molar refractivity (Wildman–Crippen MR) is 73.0 cm³/mol. The minimum absolute atomic E-state index is 0.0932. The first-order valence-electron chi connectivity index (χ1n) is 6.23. The van der Waals surface area contributed by atoms with E-state index in [0.717, 1.165) is 17.9 Å². The number of rotatable bonds is 9. The summed E-state index contributed by atoms with van der Waals surface area (Å²) in [5.74, 6) is 0. The van der Waals surface area contributed by atoms with Gasteiger partial charge in [0.25, 0.3) is 0 Å². The molecular weight excluding hydrogens is 232 g/mol. The number of benzene rings is 1. The van der Waals surface area contributed by atoms with Crippen molar-refractivity contribution < 1.29 is 15.3 Å². The Morgan fingerprint density at radius 3 is 2.17 bits per heavy atom. The summed E-state index contributed by atoms with van der Waals surface area (Å²) >= 11 is 0. The van der Waals surface area contributed by atoms with Gasteiger partial charge in [0.15, 0.2) is 0 Å². The second kappa shape index (κ2) is 8.74. The van der Waals surface area contributed by atoms with Gasteiger partial charge in [0.05, 0.1) is 13.2 Å². The third-order valence-corrected chi connectivity index (χ3v) is 2.63. The van der Waals surface area contributed by atoms with E-state index in [0.29, 0.717) is 19.5 Å². The minimum Gasteiger partial charge on any atom is -0.396 e. The first-order valence-corrected chi connectivity index (χ1v) is 6.23. The second-order valence-electron chi connectivity index (χ2n) is 3.99. The Morgan fingerprint density at radius 2 is 1.61 bits per heavy atom. The Kier molecular flexibility index (Phi) is 7.17. The Hall–Kier alpha value is -1.30. The smallest absolute Gasteiger partial charge is 0.0606 e. The zero-order chi connectivity index (χ0) is 13.2. The summed E-state index contributed by atoms with van der Waals surface area (Å²) < 4.78 is 0. The van der Waals surface area contributed by atoms with Crippen molar-refractivity contribution in [1.29, 1.82) is 0 Å². The average molecular weight is 254 g/mol. The highest BCUT2D eigenvalue weighted by atomic mass is 16.3. The fourth-order valence-electron chi connectivity index (χ4n) is 1.74. The molecule has 1 aromatic rings. The Balaban J connectivity index is 2.61. The molecule has 0 aliphatic carbocycles. The fourth-order valence-corrected chi connectivity index (χ4v) is 1.74. The number of anilines is 2. The summed E-state index contributed by atoms with van der Waals surface area (Å²) in [4.78, 5) is 2.03. The van der Waals surface area contributed by atoms with Crippen molar-refractivity contribution in [3.63, 3.8) is 0 Å². The van der Waals surface area contributed by atoms with Gasteiger partial charge in [-0.3, -0.25) is 0 Å². The average Bonchev–Trinajstić information content (AvgIpc) is 2.42. The minimum atomic E-state index is 0.0932. The van der Waals surface area contributed by atoms with Crippen LogP contribution in [-0.4, -0.2) is 54.8 Å². The normalized spacial score (nSPS) is 10.4. The molecule has 102 valence electrons. The monoisotopic (exact) mass is 254 g/mol. The van der Waals surface area contributed by atoms with E-state index in [4.69, 9.17) is 15.3 Å². The van der Waals surface area contributed by atoms with Gasteiger partial charge in [-0.1, -0.05) is 0 Å². The van der Waals surface area contributed by atoms with Crippen molar-refractivity contribution in [2.24, 2.45) is 0 Å². The maximum Gasteiger partial charge on any atom is 0.0606 e. The van der Waals surface area contributed by atoms with Gasteiger partial charge in [-0.15, -0.1) is 0 Å². The molecule has 0 bridgehead atoms. The summed E-state index contributed by atoms with van der Waals surface area (Å²) in [6.07, 6.45) is 0.685. The number of nitrogens with zero attached hydrogens (tertiary/aromatic N) is 1. The maximum absolute atomic E-state index is 9.02. The zero-order valence-electron chi connectivity index (χ0n) is 10.5. The highest BCUT2D eigenvalue weighted by molar-refractivity contribution is 5.55. The van der Waals surface area contributed by atoms with Gasteiger partial charge in [0, 0.05) is 37.6 Å². The lowest BCUT2D eigenvalue weighted by Crippen LogP contribution is -2.28. The van der Waals surface area contributed by atoms with Crippen LogP contribution < -0.4 is 10.2 Å². The standard InChI is InChI=1S/C13H22N2O3/c16-9-1-7-15(8-11-18)13-4-2-12(3-5-13)14-6-10-17/h2-5,14,16-18H,1,6-11H2. The van der Waals surface area contributed by atoms with E-state index in [-0.39, 0.29) is 19.8 Å². The van der Waals surface area contributed by atoms with Gasteiger partial charge in [0.2, 0.25) is 0 Å². The van der Waals surface area contributed by atoms with Gasteiger partial charge >= 0.3 is 0 Å². The molecule has 1 rings (SSSR count). The lowest BCUT2D eigenvalue weighted by Gasteiger charge is -2.23. The number of aliphatic hydroxyl groups excluding tert-OH is 3. The summed E-state index contributed by atoms with van der Waals surface area (Å²) in [6.45, 7) is 2.16. The van der Waals surface area contributed by atoms with Crippen LogP contribution in [0.1, 0.15) is 6.42 Å². The van der Waals surface area contributed by atoms with Crippen LogP contribution in [0.15, 0.2) is 24.3 Å². The van der Waals surface area contributed by atoms with Gasteiger partial charge in [-0.25, -0.2) is 0 Å². The first-order chi connectivity index (χ1) is 8.81. The van der Waals surface area contributed by atoms with Crippen LogP contribution in [-0.2, 0) is 0 Å². The molecule has 0 saturated carbocycles. The summed E-state index contributed by atoms with van der Waals surface area (Å²) in [5, 5.41) is 29.7. The van der Waals surface area contributed by atoms with Crippen molar-refractivity contribution in [2.75, 3.05) is 49.7 Å². The molecule has 5 heteroatoms. The van der Waals surface area contributed by atoms with Gasteiger partial charge in [-0.2, -0.15) is 0 Å².